The molecule has 1 unspecified atom stereocenters. The second kappa shape index (κ2) is 10.00. The van der Waals surface area contributed by atoms with Gasteiger partial charge in [-0.25, -0.2) is 9.78 Å². The van der Waals surface area contributed by atoms with Gasteiger partial charge in [0.15, 0.2) is 0 Å². The zero-order chi connectivity index (χ0) is 17.4. The van der Waals surface area contributed by atoms with Crippen LogP contribution in [0.2, 0.25) is 0 Å². The van der Waals surface area contributed by atoms with Gasteiger partial charge in [-0.05, 0) is 39.5 Å². The van der Waals surface area contributed by atoms with E-state index in [1.165, 1.54) is 6.42 Å². The Morgan fingerprint density at radius 1 is 1.17 bits per heavy atom. The van der Waals surface area contributed by atoms with Crippen LogP contribution in [0.4, 0.5) is 0 Å². The lowest BCUT2D eigenvalue weighted by Gasteiger charge is -2.27. The van der Waals surface area contributed by atoms with E-state index in [2.05, 4.69) is 31.2 Å². The fourth-order valence-electron chi connectivity index (χ4n) is 3.49. The van der Waals surface area contributed by atoms with Gasteiger partial charge in [0.2, 0.25) is 0 Å². The number of hydrogen-bond acceptors (Lipinski definition) is 4. The monoisotopic (exact) mass is 336 g/mol. The molecule has 2 bridgehead atoms. The van der Waals surface area contributed by atoms with Crippen molar-refractivity contribution in [1.29, 1.82) is 0 Å². The lowest BCUT2D eigenvalue weighted by atomic mass is 9.89. The second-order valence-corrected chi connectivity index (χ2v) is 7.10. The molecule has 2 aliphatic rings. The van der Waals surface area contributed by atoms with Crippen LogP contribution in [-0.4, -0.2) is 24.3 Å². The van der Waals surface area contributed by atoms with Gasteiger partial charge < -0.3 is 4.74 Å². The maximum atomic E-state index is 11.5. The maximum absolute atomic E-state index is 11.5. The molecule has 1 saturated carbocycles. The zero-order valence-corrected chi connectivity index (χ0v) is 15.3. The summed E-state index contributed by atoms with van der Waals surface area (Å²) in [6, 6.07) is 0. The number of carbonyl (C=O) groups is 1. The molecule has 1 aliphatic carbocycles. The van der Waals surface area contributed by atoms with Gasteiger partial charge in [-0.15, -0.1) is 0 Å². The molecule has 1 saturated heterocycles. The van der Waals surface area contributed by atoms with Crippen LogP contribution in [0.15, 0.2) is 24.3 Å². The van der Waals surface area contributed by atoms with Crippen molar-refractivity contribution in [3.05, 3.63) is 24.3 Å². The highest BCUT2D eigenvalue weighted by Gasteiger charge is 2.49. The first-order valence-electron chi connectivity index (χ1n) is 9.45. The maximum Gasteiger partial charge on any atom is 0.306 e. The Morgan fingerprint density at radius 2 is 1.96 bits per heavy atom. The van der Waals surface area contributed by atoms with Crippen molar-refractivity contribution in [2.45, 2.75) is 84.0 Å². The average molecular weight is 336 g/mol. The van der Waals surface area contributed by atoms with E-state index in [1.54, 1.807) is 0 Å². The van der Waals surface area contributed by atoms with Gasteiger partial charge in [0.05, 0.1) is 12.2 Å². The summed E-state index contributed by atoms with van der Waals surface area (Å²) in [6.07, 6.45) is 16.1. The first kappa shape index (κ1) is 19.2. The van der Waals surface area contributed by atoms with Gasteiger partial charge in [-0.1, -0.05) is 37.6 Å². The Labute approximate surface area is 146 Å². The molecule has 4 nitrogen and oxygen atoms in total. The van der Waals surface area contributed by atoms with Crippen molar-refractivity contribution in [2.24, 2.45) is 11.8 Å². The van der Waals surface area contributed by atoms with Crippen molar-refractivity contribution in [1.82, 2.24) is 0 Å². The van der Waals surface area contributed by atoms with Crippen LogP contribution in [0.25, 0.3) is 0 Å². The largest absolute Gasteiger partial charge is 0.463 e. The number of unbranched alkanes of at least 4 members (excludes halogenated alkanes) is 2. The van der Waals surface area contributed by atoms with E-state index in [9.17, 15) is 4.79 Å². The van der Waals surface area contributed by atoms with E-state index < -0.39 is 0 Å². The number of allylic oxidation sites excluding steroid dienone is 3. The highest BCUT2D eigenvalue weighted by Crippen LogP contribution is 2.44. The zero-order valence-electron chi connectivity index (χ0n) is 15.3. The molecule has 1 heterocycles. The van der Waals surface area contributed by atoms with E-state index >= 15 is 0 Å². The predicted octanol–water partition coefficient (Wildman–Crippen LogP) is 4.75. The van der Waals surface area contributed by atoms with E-state index in [0.717, 1.165) is 32.1 Å². The SMILES string of the molecule is CCC/C=C/C1[C@@H](C/C=C\CCCC(=O)OC(C)C)[C@@H]2C[C@H]1OO2. The van der Waals surface area contributed by atoms with Crippen LogP contribution >= 0.6 is 0 Å². The van der Waals surface area contributed by atoms with Gasteiger partial charge >= 0.3 is 5.97 Å². The summed E-state index contributed by atoms with van der Waals surface area (Å²) in [5.41, 5.74) is 0. The lowest BCUT2D eigenvalue weighted by molar-refractivity contribution is -0.336. The fraction of sp³-hybridized carbons (Fsp3) is 0.750. The van der Waals surface area contributed by atoms with Crippen LogP contribution in [0.1, 0.15) is 65.7 Å². The van der Waals surface area contributed by atoms with E-state index in [0.29, 0.717) is 18.3 Å². The number of rotatable bonds is 10. The quantitative estimate of drug-likeness (QED) is 0.250. The van der Waals surface area contributed by atoms with Crippen LogP contribution in [0.5, 0.6) is 0 Å². The number of ether oxygens (including phenoxy) is 1. The first-order chi connectivity index (χ1) is 11.6. The lowest BCUT2D eigenvalue weighted by Crippen LogP contribution is -2.28. The molecule has 0 aromatic carbocycles. The third kappa shape index (κ3) is 5.75. The van der Waals surface area contributed by atoms with Gasteiger partial charge in [-0.3, -0.25) is 4.79 Å². The summed E-state index contributed by atoms with van der Waals surface area (Å²) in [5.74, 6) is 0.887. The summed E-state index contributed by atoms with van der Waals surface area (Å²) in [7, 11) is 0. The topological polar surface area (TPSA) is 44.8 Å². The van der Waals surface area contributed by atoms with E-state index in [4.69, 9.17) is 14.5 Å². The smallest absolute Gasteiger partial charge is 0.306 e. The molecule has 136 valence electrons. The Kier molecular flexibility index (Phi) is 8.00. The van der Waals surface area contributed by atoms with Crippen LogP contribution in [0, 0.1) is 11.8 Å². The van der Waals surface area contributed by atoms with Crippen molar-refractivity contribution in [3.63, 3.8) is 0 Å². The molecule has 24 heavy (non-hydrogen) atoms. The summed E-state index contributed by atoms with van der Waals surface area (Å²) in [6.45, 7) is 5.95. The van der Waals surface area contributed by atoms with E-state index in [1.807, 2.05) is 13.8 Å². The second-order valence-electron chi connectivity index (χ2n) is 7.10. The molecule has 4 heteroatoms. The van der Waals surface area contributed by atoms with Crippen molar-refractivity contribution in [3.8, 4) is 0 Å². The normalized spacial score (nSPS) is 29.3. The third-order valence-electron chi connectivity index (χ3n) is 4.68. The summed E-state index contributed by atoms with van der Waals surface area (Å²) in [4.78, 5) is 22.3. The molecule has 4 atom stereocenters. The highest BCUT2D eigenvalue weighted by atomic mass is 17.2. The third-order valence-corrected chi connectivity index (χ3v) is 4.68. The standard InChI is InChI=1S/C20H32O4/c1-4-5-8-11-16-17(19-14-18(16)23-24-19)12-9-6-7-10-13-20(21)22-15(2)3/h6,8-9,11,15-19H,4-5,7,10,12-14H2,1-3H3/b9-6-,11-8+/t16?,17-,18-,19+/m1/s1. The Balaban J connectivity index is 1.69. The molecule has 0 radical (unpaired) electrons. The molecule has 2 fully saturated rings. The average Bonchev–Trinajstić information content (AvgIpc) is 3.12. The molecule has 2 rings (SSSR count). The molecule has 0 spiro atoms. The fourth-order valence-corrected chi connectivity index (χ4v) is 3.49. The minimum atomic E-state index is -0.0989. The Bertz CT molecular complexity index is 441. The summed E-state index contributed by atoms with van der Waals surface area (Å²) >= 11 is 0. The minimum absolute atomic E-state index is 0.0225. The minimum Gasteiger partial charge on any atom is -0.463 e. The number of carbonyl (C=O) groups excluding carboxylic acids is 1. The number of fused-ring (bicyclic) bond motifs is 2. The highest BCUT2D eigenvalue weighted by molar-refractivity contribution is 5.69. The van der Waals surface area contributed by atoms with Crippen LogP contribution in [0.3, 0.4) is 0 Å². The molecule has 0 aromatic rings. The number of esters is 1. The van der Waals surface area contributed by atoms with Crippen molar-refractivity contribution in [2.75, 3.05) is 0 Å². The molecule has 0 amide bonds. The molecular weight excluding hydrogens is 304 g/mol. The number of hydrogen-bond donors (Lipinski definition) is 0. The van der Waals surface area contributed by atoms with Crippen molar-refractivity contribution >= 4 is 5.97 Å². The van der Waals surface area contributed by atoms with Gasteiger partial charge in [0.25, 0.3) is 0 Å². The summed E-state index contributed by atoms with van der Waals surface area (Å²) in [5, 5.41) is 0. The Hall–Kier alpha value is -1.13. The Morgan fingerprint density at radius 3 is 2.71 bits per heavy atom. The molecular formula is C20H32O4. The van der Waals surface area contributed by atoms with Gasteiger partial charge in [-0.2, -0.15) is 0 Å². The molecule has 0 aromatic heterocycles. The molecule has 0 N–H and O–H groups in total. The summed E-state index contributed by atoms with van der Waals surface area (Å²) < 4.78 is 5.13. The molecule has 1 aliphatic heterocycles. The van der Waals surface area contributed by atoms with Gasteiger partial charge in [0, 0.05) is 24.7 Å². The van der Waals surface area contributed by atoms with Crippen LogP contribution in [-0.2, 0) is 19.3 Å². The van der Waals surface area contributed by atoms with E-state index in [-0.39, 0.29) is 24.3 Å². The first-order valence-corrected chi connectivity index (χ1v) is 9.45. The predicted molar refractivity (Wildman–Crippen MR) is 94.2 cm³/mol. The van der Waals surface area contributed by atoms with Crippen LogP contribution < -0.4 is 0 Å². The van der Waals surface area contributed by atoms with Gasteiger partial charge in [0.1, 0.15) is 6.10 Å². The van der Waals surface area contributed by atoms with Crippen molar-refractivity contribution < 1.29 is 19.3 Å².